The van der Waals surface area contributed by atoms with Crippen LogP contribution in [0.1, 0.15) is 27.0 Å². The Hall–Kier alpha value is -3.14. The van der Waals surface area contributed by atoms with Crippen LogP contribution in [0.4, 0.5) is 0 Å². The first kappa shape index (κ1) is 20.1. The Bertz CT molecular complexity index is 1320. The maximum Gasteiger partial charge on any atom is 0.259 e. The van der Waals surface area contributed by atoms with Gasteiger partial charge in [-0.1, -0.05) is 71.7 Å². The van der Waals surface area contributed by atoms with Crippen LogP contribution in [0.3, 0.4) is 0 Å². The number of benzene rings is 3. The van der Waals surface area contributed by atoms with Crippen molar-refractivity contribution in [3.8, 4) is 0 Å². The van der Waals surface area contributed by atoms with Crippen LogP contribution in [-0.4, -0.2) is 10.8 Å². The van der Waals surface area contributed by atoms with E-state index in [1.54, 1.807) is 36.4 Å². The molecule has 0 bridgehead atoms. The molecule has 0 aliphatic rings. The van der Waals surface area contributed by atoms with E-state index in [4.69, 9.17) is 23.2 Å². The van der Waals surface area contributed by atoms with Gasteiger partial charge < -0.3 is 4.98 Å². The minimum absolute atomic E-state index is 0.108. The highest BCUT2D eigenvalue weighted by molar-refractivity contribution is 6.32. The quantitative estimate of drug-likeness (QED) is 0.295. The van der Waals surface area contributed by atoms with Crippen LogP contribution in [0.2, 0.25) is 10.0 Å². The van der Waals surface area contributed by atoms with E-state index >= 15 is 0 Å². The Morgan fingerprint density at radius 3 is 2.43 bits per heavy atom. The third-order valence-electron chi connectivity index (χ3n) is 4.87. The van der Waals surface area contributed by atoms with E-state index in [-0.39, 0.29) is 11.3 Å². The standard InChI is InChI=1S/C25H17Cl2NO2/c26-18-11-12-22-19(15-18)20(14-16-6-2-1-3-7-16)24(25(30)28-22)23(29)13-10-17-8-4-5-9-21(17)27/h1-13,15H,14H2,(H,28,30)/b13-10+. The molecule has 0 aliphatic carbocycles. The van der Waals surface area contributed by atoms with Gasteiger partial charge in [-0.25, -0.2) is 0 Å². The number of carbonyl (C=O) groups is 1. The number of H-pyrrole nitrogens is 1. The predicted molar refractivity (Wildman–Crippen MR) is 124 cm³/mol. The number of ketones is 1. The molecule has 3 nitrogen and oxygen atoms in total. The largest absolute Gasteiger partial charge is 0.321 e. The lowest BCUT2D eigenvalue weighted by atomic mass is 9.94. The van der Waals surface area contributed by atoms with Crippen LogP contribution in [0, 0.1) is 0 Å². The summed E-state index contributed by atoms with van der Waals surface area (Å²) in [7, 11) is 0. The molecule has 148 valence electrons. The zero-order valence-corrected chi connectivity index (χ0v) is 17.4. The van der Waals surface area contributed by atoms with E-state index in [2.05, 4.69) is 4.98 Å². The van der Waals surface area contributed by atoms with Crippen LogP contribution in [0.5, 0.6) is 0 Å². The number of carbonyl (C=O) groups excluding carboxylic acids is 1. The molecule has 0 saturated carbocycles. The summed E-state index contributed by atoms with van der Waals surface area (Å²) >= 11 is 12.4. The van der Waals surface area contributed by atoms with Crippen LogP contribution in [-0.2, 0) is 6.42 Å². The third-order valence-corrected chi connectivity index (χ3v) is 5.45. The second-order valence-corrected chi connectivity index (χ2v) is 7.72. The number of aromatic amines is 1. The van der Waals surface area contributed by atoms with Crippen molar-refractivity contribution < 1.29 is 4.79 Å². The highest BCUT2D eigenvalue weighted by Crippen LogP contribution is 2.25. The van der Waals surface area contributed by atoms with Gasteiger partial charge in [0.05, 0.1) is 5.56 Å². The van der Waals surface area contributed by atoms with Gasteiger partial charge in [-0.15, -0.1) is 0 Å². The van der Waals surface area contributed by atoms with Gasteiger partial charge in [0.1, 0.15) is 0 Å². The van der Waals surface area contributed by atoms with E-state index in [1.807, 2.05) is 42.5 Å². The summed E-state index contributed by atoms with van der Waals surface area (Å²) in [4.78, 5) is 28.8. The summed E-state index contributed by atoms with van der Waals surface area (Å²) in [5, 5.41) is 1.82. The predicted octanol–water partition coefficient (Wildman–Crippen LogP) is 6.32. The molecule has 0 aliphatic heterocycles. The topological polar surface area (TPSA) is 49.9 Å². The Morgan fingerprint density at radius 1 is 0.933 bits per heavy atom. The van der Waals surface area contributed by atoms with Gasteiger partial charge in [0.2, 0.25) is 0 Å². The highest BCUT2D eigenvalue weighted by atomic mass is 35.5. The van der Waals surface area contributed by atoms with Gasteiger partial charge in [0.25, 0.3) is 5.56 Å². The lowest BCUT2D eigenvalue weighted by Gasteiger charge is -2.12. The molecule has 1 N–H and O–H groups in total. The number of hydrogen-bond donors (Lipinski definition) is 1. The number of rotatable bonds is 5. The van der Waals surface area contributed by atoms with E-state index in [9.17, 15) is 9.59 Å². The van der Waals surface area contributed by atoms with Crippen molar-refractivity contribution in [2.45, 2.75) is 6.42 Å². The van der Waals surface area contributed by atoms with Crippen molar-refractivity contribution in [1.82, 2.24) is 4.98 Å². The number of pyridine rings is 1. The summed E-state index contributed by atoms with van der Waals surface area (Å²) in [6.07, 6.45) is 3.44. The van der Waals surface area contributed by atoms with Gasteiger partial charge in [0, 0.05) is 20.9 Å². The molecule has 0 radical (unpaired) electrons. The first-order valence-corrected chi connectivity index (χ1v) is 10.1. The maximum atomic E-state index is 13.1. The number of hydrogen-bond acceptors (Lipinski definition) is 2. The molecule has 0 amide bonds. The molecule has 0 fully saturated rings. The molecule has 4 rings (SSSR count). The van der Waals surface area contributed by atoms with Crippen molar-refractivity contribution in [3.63, 3.8) is 0 Å². The molecular formula is C25H17Cl2NO2. The van der Waals surface area contributed by atoms with Crippen LogP contribution < -0.4 is 5.56 Å². The summed E-state index contributed by atoms with van der Waals surface area (Å²) in [6.45, 7) is 0. The van der Waals surface area contributed by atoms with E-state index < -0.39 is 5.56 Å². The highest BCUT2D eigenvalue weighted by Gasteiger charge is 2.18. The second kappa shape index (κ2) is 8.70. The lowest BCUT2D eigenvalue weighted by Crippen LogP contribution is -2.20. The molecule has 4 aromatic rings. The normalized spacial score (nSPS) is 11.3. The minimum Gasteiger partial charge on any atom is -0.321 e. The molecule has 0 unspecified atom stereocenters. The van der Waals surface area contributed by atoms with Crippen molar-refractivity contribution in [3.05, 3.63) is 122 Å². The van der Waals surface area contributed by atoms with E-state index in [1.165, 1.54) is 6.08 Å². The number of nitrogens with one attached hydrogen (secondary N) is 1. The van der Waals surface area contributed by atoms with Gasteiger partial charge in [0.15, 0.2) is 5.78 Å². The van der Waals surface area contributed by atoms with Gasteiger partial charge >= 0.3 is 0 Å². The fraction of sp³-hybridized carbons (Fsp3) is 0.0400. The Labute approximate surface area is 183 Å². The Morgan fingerprint density at radius 2 is 1.67 bits per heavy atom. The second-order valence-electron chi connectivity index (χ2n) is 6.88. The molecule has 0 atom stereocenters. The SMILES string of the molecule is O=C(/C=C/c1ccccc1Cl)c1c(Cc2ccccc2)c2cc(Cl)ccc2[nH]c1=O. The van der Waals surface area contributed by atoms with Gasteiger partial charge in [-0.05, 0) is 59.5 Å². The zero-order chi connectivity index (χ0) is 21.1. The maximum absolute atomic E-state index is 13.1. The fourth-order valence-corrected chi connectivity index (χ4v) is 3.81. The number of aromatic nitrogens is 1. The Kier molecular flexibility index (Phi) is 5.84. The third kappa shape index (κ3) is 4.23. The van der Waals surface area contributed by atoms with Crippen LogP contribution in [0.15, 0.2) is 83.7 Å². The molecular weight excluding hydrogens is 417 g/mol. The molecule has 0 spiro atoms. The van der Waals surface area contributed by atoms with Crippen LogP contribution in [0.25, 0.3) is 17.0 Å². The van der Waals surface area contributed by atoms with E-state index in [0.717, 1.165) is 10.9 Å². The van der Waals surface area contributed by atoms with Crippen LogP contribution >= 0.6 is 23.2 Å². The average molecular weight is 434 g/mol. The molecule has 1 aromatic heterocycles. The molecule has 5 heteroatoms. The van der Waals surface area contributed by atoms with Crippen molar-refractivity contribution in [2.24, 2.45) is 0 Å². The summed E-state index contributed by atoms with van der Waals surface area (Å²) in [5.41, 5.74) is 2.67. The first-order valence-electron chi connectivity index (χ1n) is 9.38. The Balaban J connectivity index is 1.86. The molecule has 30 heavy (non-hydrogen) atoms. The summed E-state index contributed by atoms with van der Waals surface area (Å²) < 4.78 is 0. The minimum atomic E-state index is -0.426. The number of halogens is 2. The summed E-state index contributed by atoms with van der Waals surface area (Å²) in [5.74, 6) is -0.385. The number of allylic oxidation sites excluding steroid dienone is 1. The lowest BCUT2D eigenvalue weighted by molar-refractivity contribution is 0.104. The first-order chi connectivity index (χ1) is 14.5. The number of fused-ring (bicyclic) bond motifs is 1. The van der Waals surface area contributed by atoms with E-state index in [0.29, 0.717) is 33.1 Å². The molecule has 1 heterocycles. The zero-order valence-electron chi connectivity index (χ0n) is 15.9. The average Bonchev–Trinajstić information content (AvgIpc) is 2.74. The molecule has 0 saturated heterocycles. The monoisotopic (exact) mass is 433 g/mol. The van der Waals surface area contributed by atoms with Gasteiger partial charge in [-0.2, -0.15) is 0 Å². The summed E-state index contributed by atoms with van der Waals surface area (Å²) in [6, 6.07) is 22.2. The van der Waals surface area contributed by atoms with Crippen molar-refractivity contribution >= 4 is 46.0 Å². The fourth-order valence-electron chi connectivity index (χ4n) is 3.43. The molecule has 3 aromatic carbocycles. The smallest absolute Gasteiger partial charge is 0.259 e. The van der Waals surface area contributed by atoms with Gasteiger partial charge in [-0.3, -0.25) is 9.59 Å². The van der Waals surface area contributed by atoms with Crippen molar-refractivity contribution in [2.75, 3.05) is 0 Å². The van der Waals surface area contributed by atoms with Crippen molar-refractivity contribution in [1.29, 1.82) is 0 Å².